The van der Waals surface area contributed by atoms with Gasteiger partial charge in [0.05, 0.1) is 36.5 Å². The first-order valence-electron chi connectivity index (χ1n) is 9.59. The van der Waals surface area contributed by atoms with E-state index in [0.29, 0.717) is 16.5 Å². The largest absolute Gasteiger partial charge is 0.493 e. The summed E-state index contributed by atoms with van der Waals surface area (Å²) in [6, 6.07) is 11.7. The number of aromatic nitrogens is 3. The molecule has 2 heterocycles. The molecule has 0 spiro atoms. The zero-order valence-electron chi connectivity index (χ0n) is 17.0. The van der Waals surface area contributed by atoms with Crippen molar-refractivity contribution in [2.75, 3.05) is 14.2 Å². The van der Waals surface area contributed by atoms with E-state index >= 15 is 0 Å². The molecule has 30 heavy (non-hydrogen) atoms. The normalized spacial score (nSPS) is 11.2. The maximum Gasteiger partial charge on any atom is 0.170 e. The van der Waals surface area contributed by atoms with Crippen LogP contribution >= 0.6 is 34.7 Å². The van der Waals surface area contributed by atoms with Crippen molar-refractivity contribution in [1.82, 2.24) is 14.5 Å². The summed E-state index contributed by atoms with van der Waals surface area (Å²) in [4.78, 5) is 9.63. The zero-order valence-corrected chi connectivity index (χ0v) is 19.4. The van der Waals surface area contributed by atoms with E-state index in [1.165, 1.54) is 0 Å². The van der Waals surface area contributed by atoms with Crippen molar-refractivity contribution in [2.24, 2.45) is 0 Å². The number of thiazole rings is 1. The molecule has 0 N–H and O–H groups in total. The maximum atomic E-state index is 6.15. The van der Waals surface area contributed by atoms with E-state index in [2.05, 4.69) is 16.9 Å². The van der Waals surface area contributed by atoms with Crippen LogP contribution in [0.5, 0.6) is 11.5 Å². The van der Waals surface area contributed by atoms with E-state index in [4.69, 9.17) is 31.0 Å². The lowest BCUT2D eigenvalue weighted by molar-refractivity contribution is 0.356. The average molecular weight is 460 g/mol. The fourth-order valence-electron chi connectivity index (χ4n) is 3.32. The molecule has 0 aliphatic rings. The van der Waals surface area contributed by atoms with Crippen LogP contribution in [0.15, 0.2) is 46.9 Å². The Kier molecular flexibility index (Phi) is 6.51. The summed E-state index contributed by atoms with van der Waals surface area (Å²) in [5, 5.41) is 4.69. The number of hydrogen-bond donors (Lipinski definition) is 0. The Balaban J connectivity index is 1.58. The van der Waals surface area contributed by atoms with Crippen LogP contribution in [-0.2, 0) is 12.3 Å². The molecule has 2 aromatic heterocycles. The average Bonchev–Trinajstić information content (AvgIpc) is 3.36. The molecule has 0 atom stereocenters. The van der Waals surface area contributed by atoms with Gasteiger partial charge in [-0.15, -0.1) is 11.3 Å². The number of nitrogens with zero attached hydrogens (tertiary/aromatic N) is 3. The third kappa shape index (κ3) is 4.15. The monoisotopic (exact) mass is 459 g/mol. The molecule has 4 aromatic rings. The fourth-order valence-corrected chi connectivity index (χ4v) is 5.37. The van der Waals surface area contributed by atoms with E-state index in [9.17, 15) is 0 Å². The molecule has 0 aliphatic carbocycles. The highest BCUT2D eigenvalue weighted by molar-refractivity contribution is 7.98. The number of para-hydroxylation sites is 1. The Labute approximate surface area is 189 Å². The Hall–Kier alpha value is -2.22. The van der Waals surface area contributed by atoms with Crippen molar-refractivity contribution in [3.05, 3.63) is 52.5 Å². The summed E-state index contributed by atoms with van der Waals surface area (Å²) in [6.07, 6.45) is 1.04. The van der Waals surface area contributed by atoms with Crippen LogP contribution in [0.4, 0.5) is 0 Å². The number of thioether (sulfide) groups is 1. The first kappa shape index (κ1) is 21.0. The van der Waals surface area contributed by atoms with Crippen LogP contribution in [0.25, 0.3) is 21.6 Å². The summed E-state index contributed by atoms with van der Waals surface area (Å²) in [7, 11) is 3.29. The molecule has 0 bridgehead atoms. The Morgan fingerprint density at radius 3 is 2.77 bits per heavy atom. The number of rotatable bonds is 8. The number of hydrogen-bond acceptors (Lipinski definition) is 6. The molecule has 0 aliphatic heterocycles. The Morgan fingerprint density at radius 1 is 1.13 bits per heavy atom. The topological polar surface area (TPSA) is 49.2 Å². The van der Waals surface area contributed by atoms with Gasteiger partial charge in [0.1, 0.15) is 5.01 Å². The van der Waals surface area contributed by atoms with Crippen LogP contribution in [-0.4, -0.2) is 28.8 Å². The van der Waals surface area contributed by atoms with E-state index < -0.39 is 0 Å². The third-order valence-electron chi connectivity index (χ3n) is 4.66. The van der Waals surface area contributed by atoms with Gasteiger partial charge in [0.15, 0.2) is 16.7 Å². The molecule has 0 radical (unpaired) electrons. The second-order valence-electron chi connectivity index (χ2n) is 6.65. The SMILES string of the molecule is CCCn1c(SCc2csc(-c3cccc(OC)c3OC)n2)nc2cc(Cl)ccc21. The van der Waals surface area contributed by atoms with Crippen LogP contribution in [0.2, 0.25) is 5.02 Å². The molecule has 5 nitrogen and oxygen atoms in total. The highest BCUT2D eigenvalue weighted by atomic mass is 35.5. The highest BCUT2D eigenvalue weighted by Crippen LogP contribution is 2.39. The minimum atomic E-state index is 0.702. The van der Waals surface area contributed by atoms with E-state index in [1.807, 2.05) is 36.4 Å². The van der Waals surface area contributed by atoms with Gasteiger partial charge in [0.2, 0.25) is 0 Å². The second kappa shape index (κ2) is 9.29. The van der Waals surface area contributed by atoms with Crippen LogP contribution < -0.4 is 9.47 Å². The highest BCUT2D eigenvalue weighted by Gasteiger charge is 2.16. The first-order valence-corrected chi connectivity index (χ1v) is 11.8. The van der Waals surface area contributed by atoms with Gasteiger partial charge in [-0.05, 0) is 36.8 Å². The standard InChI is InChI=1S/C22H22ClN3O2S2/c1-4-10-26-18-9-8-14(23)11-17(18)25-22(26)30-13-15-12-29-21(24-15)16-6-5-7-19(27-2)20(16)28-3/h5-9,11-12H,4,10,13H2,1-3H3. The first-order chi connectivity index (χ1) is 14.6. The number of halogens is 1. The Bertz CT molecular complexity index is 1170. The predicted octanol–water partition coefficient (Wildman–Crippen LogP) is 6.53. The van der Waals surface area contributed by atoms with E-state index in [0.717, 1.165) is 51.2 Å². The summed E-state index contributed by atoms with van der Waals surface area (Å²) < 4.78 is 13.2. The van der Waals surface area contributed by atoms with Crippen molar-refractivity contribution >= 4 is 45.7 Å². The Morgan fingerprint density at radius 2 is 2.00 bits per heavy atom. The molecule has 0 saturated heterocycles. The lowest BCUT2D eigenvalue weighted by Gasteiger charge is -2.10. The van der Waals surface area contributed by atoms with Gasteiger partial charge in [0, 0.05) is 22.7 Å². The van der Waals surface area contributed by atoms with Gasteiger partial charge in [0.25, 0.3) is 0 Å². The molecule has 2 aromatic carbocycles. The summed E-state index contributed by atoms with van der Waals surface area (Å²) in [5.41, 5.74) is 3.99. The van der Waals surface area contributed by atoms with Crippen molar-refractivity contribution in [2.45, 2.75) is 30.8 Å². The van der Waals surface area contributed by atoms with Gasteiger partial charge < -0.3 is 14.0 Å². The molecular weight excluding hydrogens is 438 g/mol. The fraction of sp³-hybridized carbons (Fsp3) is 0.273. The van der Waals surface area contributed by atoms with Crippen molar-refractivity contribution in [3.63, 3.8) is 0 Å². The quantitative estimate of drug-likeness (QED) is 0.280. The van der Waals surface area contributed by atoms with Crippen LogP contribution in [0.3, 0.4) is 0 Å². The summed E-state index contributed by atoms with van der Waals surface area (Å²) in [6.45, 7) is 3.09. The summed E-state index contributed by atoms with van der Waals surface area (Å²) >= 11 is 9.45. The lowest BCUT2D eigenvalue weighted by atomic mass is 10.2. The molecule has 156 valence electrons. The zero-order chi connectivity index (χ0) is 21.1. The van der Waals surface area contributed by atoms with Gasteiger partial charge in [-0.3, -0.25) is 0 Å². The molecule has 0 fully saturated rings. The number of imidazole rings is 1. The number of methoxy groups -OCH3 is 2. The number of benzene rings is 2. The smallest absolute Gasteiger partial charge is 0.170 e. The van der Waals surface area contributed by atoms with E-state index in [1.54, 1.807) is 37.3 Å². The molecule has 0 saturated carbocycles. The summed E-state index contributed by atoms with van der Waals surface area (Å²) in [5.74, 6) is 2.15. The predicted molar refractivity (Wildman–Crippen MR) is 125 cm³/mol. The van der Waals surface area contributed by atoms with Crippen LogP contribution in [0.1, 0.15) is 19.0 Å². The molecule has 4 rings (SSSR count). The van der Waals surface area contributed by atoms with Crippen molar-refractivity contribution in [1.29, 1.82) is 0 Å². The van der Waals surface area contributed by atoms with Crippen molar-refractivity contribution in [3.8, 4) is 22.1 Å². The number of aryl methyl sites for hydroxylation is 1. The van der Waals surface area contributed by atoms with Gasteiger partial charge in [-0.2, -0.15) is 0 Å². The van der Waals surface area contributed by atoms with Crippen molar-refractivity contribution < 1.29 is 9.47 Å². The molecular formula is C22H22ClN3O2S2. The minimum Gasteiger partial charge on any atom is -0.493 e. The molecule has 8 heteroatoms. The van der Waals surface area contributed by atoms with E-state index in [-0.39, 0.29) is 0 Å². The second-order valence-corrected chi connectivity index (χ2v) is 8.89. The van der Waals surface area contributed by atoms with Gasteiger partial charge >= 0.3 is 0 Å². The molecule has 0 unspecified atom stereocenters. The maximum absolute atomic E-state index is 6.15. The van der Waals surface area contributed by atoms with Gasteiger partial charge in [-0.25, -0.2) is 9.97 Å². The van der Waals surface area contributed by atoms with Gasteiger partial charge in [-0.1, -0.05) is 36.4 Å². The third-order valence-corrected chi connectivity index (χ3v) is 6.83. The minimum absolute atomic E-state index is 0.702. The number of ether oxygens (including phenoxy) is 2. The lowest BCUT2D eigenvalue weighted by Crippen LogP contribution is -1.99. The number of fused-ring (bicyclic) bond motifs is 1. The molecule has 0 amide bonds. The van der Waals surface area contributed by atoms with Crippen LogP contribution in [0, 0.1) is 0 Å².